The van der Waals surface area contributed by atoms with Crippen LogP contribution in [0, 0.1) is 0 Å². The number of ketones is 1. The Morgan fingerprint density at radius 1 is 1.46 bits per heavy atom. The predicted octanol–water partition coefficient (Wildman–Crippen LogP) is -0.00890. The van der Waals surface area contributed by atoms with Crippen LogP contribution in [0.2, 0.25) is 0 Å². The second kappa shape index (κ2) is 3.36. The average Bonchev–Trinajstić information content (AvgIpc) is 2.51. The van der Waals surface area contributed by atoms with Gasteiger partial charge in [0.1, 0.15) is 5.78 Å². The van der Waals surface area contributed by atoms with Crippen molar-refractivity contribution in [2.45, 2.75) is 37.8 Å². The molecule has 0 aliphatic carbocycles. The van der Waals surface area contributed by atoms with Crippen LogP contribution in [0.5, 0.6) is 0 Å². The smallest absolute Gasteiger partial charge is 0.149 e. The highest BCUT2D eigenvalue weighted by Crippen LogP contribution is 2.32. The molecule has 2 aliphatic rings. The lowest BCUT2D eigenvalue weighted by molar-refractivity contribution is -0.120. The van der Waals surface area contributed by atoms with Crippen LogP contribution >= 0.6 is 0 Å². The van der Waals surface area contributed by atoms with Gasteiger partial charge in [-0.15, -0.1) is 0 Å². The summed E-state index contributed by atoms with van der Waals surface area (Å²) in [7, 11) is 0. The van der Waals surface area contributed by atoms with Crippen molar-refractivity contribution in [2.24, 2.45) is 0 Å². The lowest BCUT2D eigenvalue weighted by Crippen LogP contribution is -2.42. The Hall–Kier alpha value is -0.450. The maximum absolute atomic E-state index is 11.1. The van der Waals surface area contributed by atoms with Gasteiger partial charge in [-0.05, 0) is 32.9 Å². The quantitative estimate of drug-likeness (QED) is 0.602. The maximum atomic E-state index is 11.1. The van der Waals surface area contributed by atoms with Crippen molar-refractivity contribution < 1.29 is 9.63 Å². The number of nitrogens with one attached hydrogen (secondary N) is 2. The van der Waals surface area contributed by atoms with Gasteiger partial charge in [0, 0.05) is 6.42 Å². The highest BCUT2D eigenvalue weighted by atomic mass is 16.7. The molecule has 0 amide bonds. The van der Waals surface area contributed by atoms with E-state index >= 15 is 0 Å². The molecular formula is C9H16N2O2. The zero-order chi connectivity index (χ0) is 9.31. The Bertz CT molecular complexity index is 212. The minimum Gasteiger partial charge on any atom is -0.317 e. The van der Waals surface area contributed by atoms with Crippen LogP contribution in [0.1, 0.15) is 26.2 Å². The van der Waals surface area contributed by atoms with Crippen molar-refractivity contribution in [2.75, 3.05) is 13.1 Å². The second-order valence-corrected chi connectivity index (χ2v) is 4.02. The van der Waals surface area contributed by atoms with Gasteiger partial charge in [0.25, 0.3) is 0 Å². The van der Waals surface area contributed by atoms with E-state index in [9.17, 15) is 4.79 Å². The maximum Gasteiger partial charge on any atom is 0.149 e. The molecule has 0 saturated carbocycles. The molecule has 0 aromatic heterocycles. The van der Waals surface area contributed by atoms with E-state index in [4.69, 9.17) is 4.84 Å². The predicted molar refractivity (Wildman–Crippen MR) is 48.1 cm³/mol. The monoisotopic (exact) mass is 184 g/mol. The molecule has 0 aromatic rings. The van der Waals surface area contributed by atoms with Gasteiger partial charge in [-0.1, -0.05) is 0 Å². The number of hydrogen-bond donors (Lipinski definition) is 2. The van der Waals surface area contributed by atoms with E-state index in [0.29, 0.717) is 0 Å². The van der Waals surface area contributed by atoms with Crippen molar-refractivity contribution in [3.05, 3.63) is 0 Å². The number of carbonyl (C=O) groups is 1. The highest BCUT2D eigenvalue weighted by Gasteiger charge is 2.42. The summed E-state index contributed by atoms with van der Waals surface area (Å²) < 4.78 is 0. The van der Waals surface area contributed by atoms with Gasteiger partial charge >= 0.3 is 0 Å². The number of piperidine rings is 1. The molecule has 4 heteroatoms. The molecule has 2 aliphatic heterocycles. The largest absolute Gasteiger partial charge is 0.317 e. The summed E-state index contributed by atoms with van der Waals surface area (Å²) in [4.78, 5) is 16.7. The van der Waals surface area contributed by atoms with E-state index < -0.39 is 0 Å². The first-order valence-electron chi connectivity index (χ1n) is 4.87. The molecule has 0 bridgehead atoms. The summed E-state index contributed by atoms with van der Waals surface area (Å²) in [6, 6.07) is -0.0851. The minimum absolute atomic E-state index is 0.0679. The van der Waals surface area contributed by atoms with Crippen LogP contribution in [0.15, 0.2) is 0 Å². The summed E-state index contributed by atoms with van der Waals surface area (Å²) in [5.41, 5.74) is 2.77. The van der Waals surface area contributed by atoms with Crippen molar-refractivity contribution >= 4 is 5.78 Å². The third-order valence-corrected chi connectivity index (χ3v) is 3.00. The van der Waals surface area contributed by atoms with E-state index in [1.807, 2.05) is 0 Å². The zero-order valence-electron chi connectivity index (χ0n) is 7.93. The molecular weight excluding hydrogens is 168 g/mol. The van der Waals surface area contributed by atoms with E-state index in [2.05, 4.69) is 10.8 Å². The van der Waals surface area contributed by atoms with E-state index in [1.54, 1.807) is 6.92 Å². The first-order chi connectivity index (χ1) is 6.22. The van der Waals surface area contributed by atoms with Gasteiger partial charge in [0.15, 0.2) is 0 Å². The Morgan fingerprint density at radius 2 is 2.15 bits per heavy atom. The first-order valence-corrected chi connectivity index (χ1v) is 4.87. The van der Waals surface area contributed by atoms with Crippen LogP contribution in [-0.4, -0.2) is 30.5 Å². The molecule has 2 rings (SSSR count). The van der Waals surface area contributed by atoms with Crippen LogP contribution in [-0.2, 0) is 9.63 Å². The Labute approximate surface area is 78.0 Å². The zero-order valence-corrected chi connectivity index (χ0v) is 7.93. The molecule has 1 atom stereocenters. The molecule has 1 unspecified atom stereocenters. The topological polar surface area (TPSA) is 50.4 Å². The first kappa shape index (κ1) is 9.12. The third-order valence-electron chi connectivity index (χ3n) is 3.00. The van der Waals surface area contributed by atoms with Gasteiger partial charge in [0.2, 0.25) is 0 Å². The SMILES string of the molecule is CC(=O)C1CC2(CCNCC2)ON1. The molecule has 2 N–H and O–H groups in total. The normalized spacial score (nSPS) is 32.2. The molecule has 0 aromatic carbocycles. The van der Waals surface area contributed by atoms with Crippen LogP contribution in [0.25, 0.3) is 0 Å². The minimum atomic E-state index is -0.0851. The van der Waals surface area contributed by atoms with E-state index in [0.717, 1.165) is 32.4 Å². The third kappa shape index (κ3) is 1.75. The fraction of sp³-hybridized carbons (Fsp3) is 0.889. The lowest BCUT2D eigenvalue weighted by Gasteiger charge is -2.31. The van der Waals surface area contributed by atoms with E-state index in [-0.39, 0.29) is 17.4 Å². The number of hydroxylamine groups is 1. The number of hydrogen-bond acceptors (Lipinski definition) is 4. The second-order valence-electron chi connectivity index (χ2n) is 4.02. The Morgan fingerprint density at radius 3 is 2.69 bits per heavy atom. The van der Waals surface area contributed by atoms with Gasteiger partial charge < -0.3 is 5.32 Å². The molecule has 4 nitrogen and oxygen atoms in total. The molecule has 1 spiro atoms. The van der Waals surface area contributed by atoms with Crippen molar-refractivity contribution in [3.63, 3.8) is 0 Å². The summed E-state index contributed by atoms with van der Waals surface area (Å²) in [6.45, 7) is 3.60. The summed E-state index contributed by atoms with van der Waals surface area (Å²) >= 11 is 0. The van der Waals surface area contributed by atoms with Crippen LogP contribution < -0.4 is 10.8 Å². The lowest BCUT2D eigenvalue weighted by atomic mass is 9.86. The van der Waals surface area contributed by atoms with Gasteiger partial charge in [0.05, 0.1) is 11.6 Å². The average molecular weight is 184 g/mol. The van der Waals surface area contributed by atoms with Crippen molar-refractivity contribution in [1.29, 1.82) is 0 Å². The molecule has 13 heavy (non-hydrogen) atoms. The van der Waals surface area contributed by atoms with Crippen LogP contribution in [0.4, 0.5) is 0 Å². The molecule has 2 saturated heterocycles. The van der Waals surface area contributed by atoms with Crippen LogP contribution in [0.3, 0.4) is 0 Å². The molecule has 2 fully saturated rings. The Balaban J connectivity index is 1.98. The number of carbonyl (C=O) groups excluding carboxylic acids is 1. The van der Waals surface area contributed by atoms with Gasteiger partial charge in [-0.2, -0.15) is 5.48 Å². The Kier molecular flexibility index (Phi) is 2.36. The fourth-order valence-corrected chi connectivity index (χ4v) is 2.07. The van der Waals surface area contributed by atoms with Gasteiger partial charge in [-0.3, -0.25) is 9.63 Å². The number of rotatable bonds is 1. The molecule has 0 radical (unpaired) electrons. The van der Waals surface area contributed by atoms with Crippen molar-refractivity contribution in [3.8, 4) is 0 Å². The summed E-state index contributed by atoms with van der Waals surface area (Å²) in [6.07, 6.45) is 2.84. The fourth-order valence-electron chi connectivity index (χ4n) is 2.07. The van der Waals surface area contributed by atoms with Crippen molar-refractivity contribution in [1.82, 2.24) is 10.8 Å². The highest BCUT2D eigenvalue weighted by molar-refractivity contribution is 5.81. The standard InChI is InChI=1S/C9H16N2O2/c1-7(12)8-6-9(13-11-8)2-4-10-5-3-9/h8,10-11H,2-6H2,1H3. The summed E-state index contributed by atoms with van der Waals surface area (Å²) in [5, 5.41) is 3.29. The summed E-state index contributed by atoms with van der Waals surface area (Å²) in [5.74, 6) is 0.176. The molecule has 2 heterocycles. The van der Waals surface area contributed by atoms with Gasteiger partial charge in [-0.25, -0.2) is 0 Å². The number of Topliss-reactive ketones (excluding diaryl/α,β-unsaturated/α-hetero) is 1. The molecule has 74 valence electrons. The van der Waals surface area contributed by atoms with E-state index in [1.165, 1.54) is 0 Å².